The predicted octanol–water partition coefficient (Wildman–Crippen LogP) is 1.93. The molecule has 1 aromatic heterocycles. The van der Waals surface area contributed by atoms with E-state index >= 15 is 0 Å². The van der Waals surface area contributed by atoms with E-state index in [1.54, 1.807) is 0 Å². The molecule has 1 aromatic rings. The van der Waals surface area contributed by atoms with Gasteiger partial charge in [0.2, 0.25) is 0 Å². The van der Waals surface area contributed by atoms with Crippen molar-refractivity contribution >= 4 is 0 Å². The Morgan fingerprint density at radius 1 is 1.70 bits per heavy atom. The van der Waals surface area contributed by atoms with Gasteiger partial charge in [-0.25, -0.2) is 4.98 Å². The van der Waals surface area contributed by atoms with Gasteiger partial charge < -0.3 is 4.57 Å². The van der Waals surface area contributed by atoms with Gasteiger partial charge in [-0.2, -0.15) is 0 Å². The molecule has 0 bridgehead atoms. The van der Waals surface area contributed by atoms with Crippen LogP contribution in [0.2, 0.25) is 0 Å². The van der Waals surface area contributed by atoms with Gasteiger partial charge in [0.15, 0.2) is 0 Å². The SMILES string of the molecule is CC[C@@H](C)c1cncn1C. The van der Waals surface area contributed by atoms with Crippen LogP contribution >= 0.6 is 0 Å². The van der Waals surface area contributed by atoms with Crippen LogP contribution in [0.4, 0.5) is 0 Å². The second-order valence-electron chi connectivity index (χ2n) is 2.74. The average Bonchev–Trinajstić information content (AvgIpc) is 2.34. The first-order valence-electron chi connectivity index (χ1n) is 3.72. The van der Waals surface area contributed by atoms with E-state index in [1.165, 1.54) is 12.1 Å². The highest BCUT2D eigenvalue weighted by Gasteiger charge is 2.04. The fraction of sp³-hybridized carbons (Fsp3) is 0.625. The third-order valence-electron chi connectivity index (χ3n) is 1.97. The van der Waals surface area contributed by atoms with E-state index < -0.39 is 0 Å². The van der Waals surface area contributed by atoms with Gasteiger partial charge in [-0.15, -0.1) is 0 Å². The number of imidazole rings is 1. The summed E-state index contributed by atoms with van der Waals surface area (Å²) < 4.78 is 2.08. The summed E-state index contributed by atoms with van der Waals surface area (Å²) in [4.78, 5) is 4.05. The number of hydrogen-bond donors (Lipinski definition) is 0. The molecule has 2 nitrogen and oxygen atoms in total. The van der Waals surface area contributed by atoms with Gasteiger partial charge in [0, 0.05) is 18.9 Å². The van der Waals surface area contributed by atoms with Crippen LogP contribution in [0.5, 0.6) is 0 Å². The molecule has 0 saturated heterocycles. The van der Waals surface area contributed by atoms with E-state index in [2.05, 4.69) is 23.4 Å². The molecule has 0 amide bonds. The summed E-state index contributed by atoms with van der Waals surface area (Å²) >= 11 is 0. The Balaban J connectivity index is 2.82. The van der Waals surface area contributed by atoms with Crippen LogP contribution < -0.4 is 0 Å². The molecule has 56 valence electrons. The van der Waals surface area contributed by atoms with Gasteiger partial charge in [0.25, 0.3) is 0 Å². The molecular formula is C8H14N2. The molecular weight excluding hydrogens is 124 g/mol. The summed E-state index contributed by atoms with van der Waals surface area (Å²) in [6, 6.07) is 0. The summed E-state index contributed by atoms with van der Waals surface area (Å²) in [5, 5.41) is 0. The Morgan fingerprint density at radius 2 is 2.40 bits per heavy atom. The lowest BCUT2D eigenvalue weighted by molar-refractivity contribution is 0.666. The summed E-state index contributed by atoms with van der Waals surface area (Å²) in [5.74, 6) is 0.632. The van der Waals surface area contributed by atoms with Crippen LogP contribution in [0, 0.1) is 0 Å². The van der Waals surface area contributed by atoms with Crippen molar-refractivity contribution in [1.29, 1.82) is 0 Å². The van der Waals surface area contributed by atoms with Gasteiger partial charge in [-0.3, -0.25) is 0 Å². The Hall–Kier alpha value is -0.790. The zero-order valence-corrected chi connectivity index (χ0v) is 6.83. The third-order valence-corrected chi connectivity index (χ3v) is 1.97. The van der Waals surface area contributed by atoms with E-state index in [-0.39, 0.29) is 0 Å². The highest BCUT2D eigenvalue weighted by Crippen LogP contribution is 2.16. The van der Waals surface area contributed by atoms with Crippen molar-refractivity contribution in [2.45, 2.75) is 26.2 Å². The zero-order valence-electron chi connectivity index (χ0n) is 6.83. The van der Waals surface area contributed by atoms with Crippen molar-refractivity contribution in [1.82, 2.24) is 9.55 Å². The highest BCUT2D eigenvalue weighted by molar-refractivity contribution is 5.03. The lowest BCUT2D eigenvalue weighted by Gasteiger charge is -2.07. The summed E-state index contributed by atoms with van der Waals surface area (Å²) in [6.07, 6.45) is 4.97. The number of hydrogen-bond acceptors (Lipinski definition) is 1. The largest absolute Gasteiger partial charge is 0.337 e. The lowest BCUT2D eigenvalue weighted by atomic mass is 10.1. The average molecular weight is 138 g/mol. The molecule has 0 spiro atoms. The van der Waals surface area contributed by atoms with Crippen molar-refractivity contribution in [2.75, 3.05) is 0 Å². The molecule has 1 heterocycles. The van der Waals surface area contributed by atoms with Crippen molar-refractivity contribution in [3.8, 4) is 0 Å². The first-order chi connectivity index (χ1) is 4.75. The second kappa shape index (κ2) is 2.86. The third kappa shape index (κ3) is 1.20. The molecule has 1 rings (SSSR count). The zero-order chi connectivity index (χ0) is 7.56. The Bertz CT molecular complexity index is 203. The van der Waals surface area contributed by atoms with Crippen molar-refractivity contribution in [3.05, 3.63) is 18.2 Å². The fourth-order valence-electron chi connectivity index (χ4n) is 1.05. The summed E-state index contributed by atoms with van der Waals surface area (Å²) in [6.45, 7) is 4.41. The van der Waals surface area contributed by atoms with Crippen molar-refractivity contribution < 1.29 is 0 Å². The molecule has 0 aliphatic heterocycles. The normalized spacial score (nSPS) is 13.5. The van der Waals surface area contributed by atoms with Crippen molar-refractivity contribution in [3.63, 3.8) is 0 Å². The monoisotopic (exact) mass is 138 g/mol. The van der Waals surface area contributed by atoms with Gasteiger partial charge in [0.05, 0.1) is 6.33 Å². The first-order valence-corrected chi connectivity index (χ1v) is 3.72. The van der Waals surface area contributed by atoms with Gasteiger partial charge >= 0.3 is 0 Å². The molecule has 0 saturated carbocycles. The van der Waals surface area contributed by atoms with E-state index in [0.29, 0.717) is 5.92 Å². The lowest BCUT2D eigenvalue weighted by Crippen LogP contribution is -1.98. The number of aromatic nitrogens is 2. The molecule has 0 radical (unpaired) electrons. The van der Waals surface area contributed by atoms with Crippen LogP contribution in [0.15, 0.2) is 12.5 Å². The van der Waals surface area contributed by atoms with Crippen LogP contribution in [-0.4, -0.2) is 9.55 Å². The first kappa shape index (κ1) is 7.32. The van der Waals surface area contributed by atoms with E-state index in [9.17, 15) is 0 Å². The van der Waals surface area contributed by atoms with E-state index in [1.807, 2.05) is 19.6 Å². The Labute approximate surface area is 61.9 Å². The van der Waals surface area contributed by atoms with Crippen molar-refractivity contribution in [2.24, 2.45) is 7.05 Å². The summed E-state index contributed by atoms with van der Waals surface area (Å²) in [5.41, 5.74) is 1.32. The molecule has 0 aliphatic carbocycles. The molecule has 0 aliphatic rings. The second-order valence-corrected chi connectivity index (χ2v) is 2.74. The van der Waals surface area contributed by atoms with Gasteiger partial charge in [0.1, 0.15) is 0 Å². The molecule has 10 heavy (non-hydrogen) atoms. The Kier molecular flexibility index (Phi) is 2.10. The molecule has 0 fully saturated rings. The van der Waals surface area contributed by atoms with E-state index in [4.69, 9.17) is 0 Å². The number of nitrogens with zero attached hydrogens (tertiary/aromatic N) is 2. The smallest absolute Gasteiger partial charge is 0.0945 e. The van der Waals surface area contributed by atoms with E-state index in [0.717, 1.165) is 0 Å². The molecule has 0 N–H and O–H groups in total. The minimum absolute atomic E-state index is 0.632. The number of aryl methyl sites for hydroxylation is 1. The van der Waals surface area contributed by atoms with Gasteiger partial charge in [-0.05, 0) is 12.3 Å². The molecule has 2 heteroatoms. The van der Waals surface area contributed by atoms with Crippen LogP contribution in [0.1, 0.15) is 31.9 Å². The van der Waals surface area contributed by atoms with Crippen LogP contribution in [0.3, 0.4) is 0 Å². The quantitative estimate of drug-likeness (QED) is 0.610. The summed E-state index contributed by atoms with van der Waals surface area (Å²) in [7, 11) is 2.04. The standard InChI is InChI=1S/C8H14N2/c1-4-7(2)8-5-9-6-10(8)3/h5-7H,4H2,1-3H3/t7-/m1/s1. The maximum atomic E-state index is 4.05. The number of rotatable bonds is 2. The van der Waals surface area contributed by atoms with Crippen LogP contribution in [0.25, 0.3) is 0 Å². The topological polar surface area (TPSA) is 17.8 Å². The minimum Gasteiger partial charge on any atom is -0.337 e. The molecule has 1 atom stereocenters. The predicted molar refractivity (Wildman–Crippen MR) is 41.9 cm³/mol. The molecule has 0 unspecified atom stereocenters. The Morgan fingerprint density at radius 3 is 2.80 bits per heavy atom. The fourth-order valence-corrected chi connectivity index (χ4v) is 1.05. The van der Waals surface area contributed by atoms with Gasteiger partial charge in [-0.1, -0.05) is 13.8 Å². The minimum atomic E-state index is 0.632. The molecule has 0 aromatic carbocycles. The maximum absolute atomic E-state index is 4.05. The maximum Gasteiger partial charge on any atom is 0.0945 e. The van der Waals surface area contributed by atoms with Crippen LogP contribution in [-0.2, 0) is 7.05 Å². The highest BCUT2D eigenvalue weighted by atomic mass is 15.0.